The number of aryl methyl sites for hydroxylation is 1. The Hall–Kier alpha value is -1.06. The van der Waals surface area contributed by atoms with Crippen molar-refractivity contribution < 1.29 is 4.79 Å². The van der Waals surface area contributed by atoms with Crippen LogP contribution in [0.2, 0.25) is 0 Å². The van der Waals surface area contributed by atoms with Crippen molar-refractivity contribution in [1.29, 1.82) is 0 Å². The fourth-order valence-corrected chi connectivity index (χ4v) is 0.393. The Labute approximate surface area is 40.9 Å². The summed E-state index contributed by atoms with van der Waals surface area (Å²) in [5.74, 6) is 6.00. The molecule has 1 aromatic heterocycles. The Bertz CT molecular complexity index is 139. The van der Waals surface area contributed by atoms with Crippen LogP contribution in [0.3, 0.4) is 0 Å². The van der Waals surface area contributed by atoms with Gasteiger partial charge in [0, 0.05) is 6.92 Å². The van der Waals surface area contributed by atoms with Crippen LogP contribution in [0, 0.1) is 6.92 Å². The molecule has 0 saturated heterocycles. The van der Waals surface area contributed by atoms with Crippen LogP contribution >= 0.6 is 0 Å². The zero-order valence-corrected chi connectivity index (χ0v) is 4.05. The summed E-state index contributed by atoms with van der Waals surface area (Å²) in [5.41, 5.74) is 0. The second-order valence-corrected chi connectivity index (χ2v) is 1.35. The van der Waals surface area contributed by atoms with Gasteiger partial charge in [0.1, 0.15) is 0 Å². The molecule has 0 amide bonds. The zero-order valence-electron chi connectivity index (χ0n) is 4.05. The lowest BCUT2D eigenvalue weighted by atomic mass is 10.8. The Balaban J connectivity index is 3.04. The van der Waals surface area contributed by atoms with E-state index in [0.29, 0.717) is 0 Å². The smallest absolute Gasteiger partial charge is 0.250 e. The monoisotopic (exact) mass is 99.1 g/mol. The highest BCUT2D eigenvalue weighted by atomic mass is 15.5. The summed E-state index contributed by atoms with van der Waals surface area (Å²) in [6, 6.07) is 0. The fraction of sp³-hybridized carbons (Fsp3) is 0.333. The molecule has 38 valence electrons. The van der Waals surface area contributed by atoms with Gasteiger partial charge in [-0.1, -0.05) is 4.79 Å². The predicted octanol–water partition coefficient (Wildman–Crippen LogP) is -1.28. The maximum absolute atomic E-state index is 5.18. The molecule has 0 aliphatic carbocycles. The quantitative estimate of drug-likeness (QED) is 0.314. The molecule has 3 N–H and O–H groups in total. The van der Waals surface area contributed by atoms with Crippen molar-refractivity contribution >= 4 is 0 Å². The third-order valence-corrected chi connectivity index (χ3v) is 0.667. The van der Waals surface area contributed by atoms with Gasteiger partial charge in [-0.2, -0.15) is 5.10 Å². The molecule has 4 nitrogen and oxygen atoms in total. The van der Waals surface area contributed by atoms with E-state index in [1.165, 1.54) is 11.1 Å². The number of nitrogens with two attached hydrogens (primary N) is 1. The molecule has 0 aliphatic rings. The number of hydrogen-bond donors (Lipinski definition) is 2. The van der Waals surface area contributed by atoms with Crippen molar-refractivity contribution in [3.63, 3.8) is 0 Å². The van der Waals surface area contributed by atoms with Crippen LogP contribution < -0.4 is 10.6 Å². The van der Waals surface area contributed by atoms with Crippen LogP contribution in [-0.2, 0) is 0 Å². The van der Waals surface area contributed by atoms with Crippen LogP contribution in [0.1, 0.15) is 5.82 Å². The molecule has 1 heterocycles. The number of H-pyrrole nitrogens is 1. The average molecular weight is 99.1 g/mol. The van der Waals surface area contributed by atoms with Crippen LogP contribution in [0.4, 0.5) is 0 Å². The molecule has 4 heteroatoms. The summed E-state index contributed by atoms with van der Waals surface area (Å²) < 4.78 is 0. The molecule has 0 aliphatic heterocycles. The summed E-state index contributed by atoms with van der Waals surface area (Å²) in [6.45, 7) is 1.84. The first kappa shape index (κ1) is 4.11. The number of aromatic amines is 1. The van der Waals surface area contributed by atoms with Gasteiger partial charge >= 0.3 is 6.33 Å². The first-order chi connectivity index (χ1) is 3.29. The van der Waals surface area contributed by atoms with Crippen molar-refractivity contribution in [2.45, 2.75) is 6.92 Å². The van der Waals surface area contributed by atoms with E-state index in [0.717, 1.165) is 5.82 Å². The second kappa shape index (κ2) is 1.22. The van der Waals surface area contributed by atoms with E-state index >= 15 is 0 Å². The molecule has 7 heavy (non-hydrogen) atoms. The van der Waals surface area contributed by atoms with Crippen LogP contribution in [0.5, 0.6) is 0 Å². The normalized spacial score (nSPS) is 9.29. The molecule has 0 atom stereocenters. The highest BCUT2D eigenvalue weighted by molar-refractivity contribution is 4.66. The number of nitrogen functional groups attached to an aromatic ring is 1. The molecule has 1 rings (SSSR count). The summed E-state index contributed by atoms with van der Waals surface area (Å²) in [6.07, 6.45) is 1.51. The number of aromatic nitrogens is 3. The Morgan fingerprint density at radius 3 is 2.86 bits per heavy atom. The molecule has 0 unspecified atom stereocenters. The van der Waals surface area contributed by atoms with Gasteiger partial charge in [-0.25, -0.2) is 5.84 Å². The van der Waals surface area contributed by atoms with E-state index < -0.39 is 0 Å². The maximum Gasteiger partial charge on any atom is 0.331 e. The molecular formula is C3H7N4+. The fourth-order valence-electron chi connectivity index (χ4n) is 0.393. The lowest BCUT2D eigenvalue weighted by Crippen LogP contribution is -2.45. The van der Waals surface area contributed by atoms with E-state index in [1.807, 2.05) is 6.92 Å². The lowest BCUT2D eigenvalue weighted by molar-refractivity contribution is -0.697. The lowest BCUT2D eigenvalue weighted by Gasteiger charge is -1.70. The van der Waals surface area contributed by atoms with Crippen LogP contribution in [0.25, 0.3) is 0 Å². The second-order valence-electron chi connectivity index (χ2n) is 1.35. The first-order valence-corrected chi connectivity index (χ1v) is 1.97. The van der Waals surface area contributed by atoms with Gasteiger partial charge in [0.05, 0.1) is 0 Å². The topological polar surface area (TPSA) is 58.6 Å². The van der Waals surface area contributed by atoms with Gasteiger partial charge in [-0.3, -0.25) is 0 Å². The van der Waals surface area contributed by atoms with E-state index in [4.69, 9.17) is 5.84 Å². The van der Waals surface area contributed by atoms with Gasteiger partial charge < -0.3 is 0 Å². The Kier molecular flexibility index (Phi) is 0.714. The number of nitrogens with one attached hydrogen (secondary N) is 1. The standard InChI is InChI=1S/C3H6N4/c1-3-5-2-7(4)6-3/h2H,4H2,1H3/p+1. The molecule has 0 radical (unpaired) electrons. The van der Waals surface area contributed by atoms with Crippen molar-refractivity contribution in [3.8, 4) is 0 Å². The summed E-state index contributed by atoms with van der Waals surface area (Å²) in [5, 5.41) is 2.72. The van der Waals surface area contributed by atoms with Crippen molar-refractivity contribution in [1.82, 2.24) is 10.1 Å². The minimum atomic E-state index is 0.822. The van der Waals surface area contributed by atoms with Gasteiger partial charge in [-0.15, -0.1) is 0 Å². The molecule has 0 spiro atoms. The summed E-state index contributed by atoms with van der Waals surface area (Å²) in [4.78, 5) is 5.10. The van der Waals surface area contributed by atoms with Crippen LogP contribution in [-0.4, -0.2) is 10.1 Å². The van der Waals surface area contributed by atoms with Crippen molar-refractivity contribution in [3.05, 3.63) is 12.2 Å². The van der Waals surface area contributed by atoms with Crippen molar-refractivity contribution in [2.75, 3.05) is 5.84 Å². The molecule has 0 aromatic carbocycles. The number of nitrogens with zero attached hydrogens (tertiary/aromatic N) is 2. The summed E-state index contributed by atoms with van der Waals surface area (Å²) in [7, 11) is 0. The highest BCUT2D eigenvalue weighted by Gasteiger charge is 1.94. The van der Waals surface area contributed by atoms with E-state index in [9.17, 15) is 0 Å². The molecule has 0 fully saturated rings. The number of rotatable bonds is 0. The zero-order chi connectivity index (χ0) is 5.28. The van der Waals surface area contributed by atoms with Gasteiger partial charge in [0.2, 0.25) is 5.82 Å². The molecule has 0 bridgehead atoms. The SMILES string of the molecule is Cc1nc[n+](N)[nH]1. The minimum absolute atomic E-state index is 0.822. The first-order valence-electron chi connectivity index (χ1n) is 1.97. The summed E-state index contributed by atoms with van der Waals surface area (Å²) >= 11 is 0. The highest BCUT2D eigenvalue weighted by Crippen LogP contribution is 1.70. The minimum Gasteiger partial charge on any atom is -0.250 e. The van der Waals surface area contributed by atoms with E-state index in [2.05, 4.69) is 10.1 Å². The largest absolute Gasteiger partial charge is 0.331 e. The van der Waals surface area contributed by atoms with Crippen molar-refractivity contribution in [2.24, 2.45) is 0 Å². The van der Waals surface area contributed by atoms with Gasteiger partial charge in [-0.05, 0) is 4.98 Å². The number of hydrogen-bond acceptors (Lipinski definition) is 2. The van der Waals surface area contributed by atoms with E-state index in [1.54, 1.807) is 0 Å². The molecule has 0 saturated carbocycles. The predicted molar refractivity (Wildman–Crippen MR) is 23.7 cm³/mol. The Morgan fingerprint density at radius 1 is 2.00 bits per heavy atom. The maximum atomic E-state index is 5.18. The third kappa shape index (κ3) is 0.677. The third-order valence-electron chi connectivity index (χ3n) is 0.667. The molecule has 1 aromatic rings. The Morgan fingerprint density at radius 2 is 2.71 bits per heavy atom. The van der Waals surface area contributed by atoms with E-state index in [-0.39, 0.29) is 0 Å². The average Bonchev–Trinajstić information content (AvgIpc) is 1.87. The molecular weight excluding hydrogens is 92.1 g/mol. The van der Waals surface area contributed by atoms with Gasteiger partial charge in [0.25, 0.3) is 0 Å². The van der Waals surface area contributed by atoms with Gasteiger partial charge in [0.15, 0.2) is 0 Å². The van der Waals surface area contributed by atoms with Crippen LogP contribution in [0.15, 0.2) is 6.33 Å².